The number of nitrogens with zero attached hydrogens (tertiary/aromatic N) is 1. The van der Waals surface area contributed by atoms with Gasteiger partial charge in [0, 0.05) is 11.9 Å². The molecule has 132 valence electrons. The Bertz CT molecular complexity index is 1020. The summed E-state index contributed by atoms with van der Waals surface area (Å²) in [5.74, 6) is -0.961. The van der Waals surface area contributed by atoms with E-state index < -0.39 is 21.7 Å². The standard InChI is InChI=1S/C18H14FN3O3S/c19-14-6-8-17(9-7-14)26(24,25)22-16-10-13(11-20-12-16)18(23)21-15-4-2-1-3-5-15/h1-12,22H,(H,21,23). The van der Waals surface area contributed by atoms with E-state index in [0.717, 1.165) is 24.3 Å². The first kappa shape index (κ1) is 17.6. The summed E-state index contributed by atoms with van der Waals surface area (Å²) >= 11 is 0. The number of pyridine rings is 1. The van der Waals surface area contributed by atoms with Crippen molar-refractivity contribution in [1.82, 2.24) is 4.98 Å². The Balaban J connectivity index is 1.78. The minimum Gasteiger partial charge on any atom is -0.322 e. The second-order valence-corrected chi connectivity index (χ2v) is 7.02. The van der Waals surface area contributed by atoms with Gasteiger partial charge in [0.25, 0.3) is 15.9 Å². The third-order valence-electron chi connectivity index (χ3n) is 3.41. The van der Waals surface area contributed by atoms with Crippen molar-refractivity contribution in [2.24, 2.45) is 0 Å². The van der Waals surface area contributed by atoms with Crippen LogP contribution in [0.3, 0.4) is 0 Å². The molecule has 0 bridgehead atoms. The largest absolute Gasteiger partial charge is 0.322 e. The van der Waals surface area contributed by atoms with E-state index in [0.29, 0.717) is 5.69 Å². The normalized spacial score (nSPS) is 11.0. The van der Waals surface area contributed by atoms with E-state index in [1.54, 1.807) is 24.3 Å². The molecule has 0 aliphatic heterocycles. The van der Waals surface area contributed by atoms with Gasteiger partial charge in [-0.1, -0.05) is 18.2 Å². The van der Waals surface area contributed by atoms with Crippen molar-refractivity contribution in [3.05, 3.63) is 84.4 Å². The van der Waals surface area contributed by atoms with Crippen molar-refractivity contribution in [2.45, 2.75) is 4.90 Å². The van der Waals surface area contributed by atoms with Gasteiger partial charge >= 0.3 is 0 Å². The van der Waals surface area contributed by atoms with Crippen LogP contribution in [0.15, 0.2) is 78.0 Å². The minimum absolute atomic E-state index is 0.0990. The second kappa shape index (κ2) is 7.32. The number of hydrogen-bond acceptors (Lipinski definition) is 4. The third kappa shape index (κ3) is 4.22. The molecule has 0 spiro atoms. The van der Waals surface area contributed by atoms with E-state index in [-0.39, 0.29) is 16.1 Å². The van der Waals surface area contributed by atoms with Crippen LogP contribution >= 0.6 is 0 Å². The van der Waals surface area contributed by atoms with Gasteiger partial charge in [-0.3, -0.25) is 14.5 Å². The Hall–Kier alpha value is -3.26. The quantitative estimate of drug-likeness (QED) is 0.720. The Labute approximate surface area is 149 Å². The molecule has 0 saturated carbocycles. The Morgan fingerprint density at radius 2 is 1.62 bits per heavy atom. The summed E-state index contributed by atoms with van der Waals surface area (Å²) in [5, 5.41) is 2.69. The van der Waals surface area contributed by atoms with Crippen LogP contribution in [0.1, 0.15) is 10.4 Å². The van der Waals surface area contributed by atoms with Crippen molar-refractivity contribution >= 4 is 27.3 Å². The summed E-state index contributed by atoms with van der Waals surface area (Å²) in [4.78, 5) is 16.1. The summed E-state index contributed by atoms with van der Waals surface area (Å²) < 4.78 is 39.9. The SMILES string of the molecule is O=C(Nc1ccccc1)c1cncc(NS(=O)(=O)c2ccc(F)cc2)c1. The maximum Gasteiger partial charge on any atom is 0.261 e. The van der Waals surface area contributed by atoms with Gasteiger partial charge in [0.15, 0.2) is 0 Å². The average Bonchev–Trinajstić information content (AvgIpc) is 2.63. The maximum absolute atomic E-state index is 13.0. The van der Waals surface area contributed by atoms with Gasteiger partial charge in [0.05, 0.1) is 22.3 Å². The number of para-hydroxylation sites is 1. The van der Waals surface area contributed by atoms with Gasteiger partial charge in [-0.2, -0.15) is 0 Å². The van der Waals surface area contributed by atoms with E-state index in [9.17, 15) is 17.6 Å². The highest BCUT2D eigenvalue weighted by Gasteiger charge is 2.15. The first-order valence-electron chi connectivity index (χ1n) is 7.54. The van der Waals surface area contributed by atoms with E-state index in [2.05, 4.69) is 15.0 Å². The van der Waals surface area contributed by atoms with Crippen LogP contribution < -0.4 is 10.0 Å². The molecule has 2 N–H and O–H groups in total. The lowest BCUT2D eigenvalue weighted by atomic mass is 10.2. The molecule has 0 radical (unpaired) electrons. The number of rotatable bonds is 5. The van der Waals surface area contributed by atoms with Crippen LogP contribution in [0, 0.1) is 5.82 Å². The number of amides is 1. The van der Waals surface area contributed by atoms with E-state index in [1.165, 1.54) is 18.5 Å². The number of aromatic nitrogens is 1. The van der Waals surface area contributed by atoms with Crippen molar-refractivity contribution in [2.75, 3.05) is 10.0 Å². The number of anilines is 2. The Morgan fingerprint density at radius 1 is 0.923 bits per heavy atom. The summed E-state index contributed by atoms with van der Waals surface area (Å²) in [6.45, 7) is 0. The summed E-state index contributed by atoms with van der Waals surface area (Å²) in [6, 6.07) is 14.6. The molecule has 0 fully saturated rings. The fraction of sp³-hybridized carbons (Fsp3) is 0. The number of benzene rings is 2. The molecule has 6 nitrogen and oxygen atoms in total. The number of nitrogens with one attached hydrogen (secondary N) is 2. The predicted octanol–water partition coefficient (Wildman–Crippen LogP) is 3.27. The Morgan fingerprint density at radius 3 is 2.31 bits per heavy atom. The van der Waals surface area contributed by atoms with Gasteiger partial charge in [0.1, 0.15) is 5.82 Å². The van der Waals surface area contributed by atoms with E-state index >= 15 is 0 Å². The van der Waals surface area contributed by atoms with Gasteiger partial charge in [-0.25, -0.2) is 12.8 Å². The predicted molar refractivity (Wildman–Crippen MR) is 95.8 cm³/mol. The second-order valence-electron chi connectivity index (χ2n) is 5.34. The molecule has 0 aliphatic carbocycles. The van der Waals surface area contributed by atoms with Crippen LogP contribution in [0.25, 0.3) is 0 Å². The number of carbonyl (C=O) groups excluding carboxylic acids is 1. The number of hydrogen-bond donors (Lipinski definition) is 2. The lowest BCUT2D eigenvalue weighted by molar-refractivity contribution is 0.102. The smallest absolute Gasteiger partial charge is 0.261 e. The molecule has 0 atom stereocenters. The topological polar surface area (TPSA) is 88.2 Å². The van der Waals surface area contributed by atoms with Gasteiger partial charge in [0.2, 0.25) is 0 Å². The monoisotopic (exact) mass is 371 g/mol. The zero-order chi connectivity index (χ0) is 18.6. The number of sulfonamides is 1. The lowest BCUT2D eigenvalue weighted by Gasteiger charge is -2.09. The molecule has 1 aromatic heterocycles. The Kier molecular flexibility index (Phi) is 4.94. The van der Waals surface area contributed by atoms with Gasteiger partial charge < -0.3 is 5.32 Å². The molecule has 26 heavy (non-hydrogen) atoms. The fourth-order valence-corrected chi connectivity index (χ4v) is 3.21. The van der Waals surface area contributed by atoms with E-state index in [1.807, 2.05) is 6.07 Å². The highest BCUT2D eigenvalue weighted by atomic mass is 32.2. The molecule has 0 unspecified atom stereocenters. The van der Waals surface area contributed by atoms with Gasteiger partial charge in [-0.15, -0.1) is 0 Å². The van der Waals surface area contributed by atoms with Crippen LogP contribution in [-0.4, -0.2) is 19.3 Å². The van der Waals surface area contributed by atoms with Crippen molar-refractivity contribution < 1.29 is 17.6 Å². The number of carbonyl (C=O) groups is 1. The molecule has 0 aliphatic rings. The number of halogens is 1. The highest BCUT2D eigenvalue weighted by Crippen LogP contribution is 2.17. The summed E-state index contributed by atoms with van der Waals surface area (Å²) in [6.07, 6.45) is 2.61. The van der Waals surface area contributed by atoms with Crippen molar-refractivity contribution in [3.63, 3.8) is 0 Å². The minimum atomic E-state index is -3.92. The van der Waals surface area contributed by atoms with Crippen LogP contribution in [-0.2, 0) is 10.0 Å². The highest BCUT2D eigenvalue weighted by molar-refractivity contribution is 7.92. The zero-order valence-corrected chi connectivity index (χ0v) is 14.2. The molecular formula is C18H14FN3O3S. The third-order valence-corrected chi connectivity index (χ3v) is 4.81. The zero-order valence-electron chi connectivity index (χ0n) is 13.4. The fourth-order valence-electron chi connectivity index (χ4n) is 2.17. The van der Waals surface area contributed by atoms with E-state index in [4.69, 9.17) is 0 Å². The molecule has 3 rings (SSSR count). The molecule has 1 amide bonds. The molecule has 1 heterocycles. The van der Waals surface area contributed by atoms with Crippen LogP contribution in [0.4, 0.5) is 15.8 Å². The molecule has 2 aromatic carbocycles. The van der Waals surface area contributed by atoms with Crippen LogP contribution in [0.2, 0.25) is 0 Å². The average molecular weight is 371 g/mol. The van der Waals surface area contributed by atoms with Gasteiger partial charge in [-0.05, 0) is 42.5 Å². The van der Waals surface area contributed by atoms with Crippen molar-refractivity contribution in [1.29, 1.82) is 0 Å². The lowest BCUT2D eigenvalue weighted by Crippen LogP contribution is -2.15. The molecular weight excluding hydrogens is 357 g/mol. The molecule has 0 saturated heterocycles. The molecule has 8 heteroatoms. The summed E-state index contributed by atoms with van der Waals surface area (Å²) in [7, 11) is -3.92. The first-order valence-corrected chi connectivity index (χ1v) is 9.02. The first-order chi connectivity index (χ1) is 12.4. The summed E-state index contributed by atoms with van der Waals surface area (Å²) in [5.41, 5.74) is 0.915. The maximum atomic E-state index is 13.0. The van der Waals surface area contributed by atoms with Crippen molar-refractivity contribution in [3.8, 4) is 0 Å². The molecule has 3 aromatic rings. The van der Waals surface area contributed by atoms with Crippen LogP contribution in [0.5, 0.6) is 0 Å².